The van der Waals surface area contributed by atoms with E-state index in [0.717, 1.165) is 17.1 Å². The molecule has 1 amide bonds. The number of hydrogen-bond donors (Lipinski definition) is 1. The van der Waals surface area contributed by atoms with Gasteiger partial charge in [0.15, 0.2) is 0 Å². The number of carbonyl (C=O) groups excluding carboxylic acids is 1. The Balaban J connectivity index is 2.13. The van der Waals surface area contributed by atoms with Gasteiger partial charge in [0.05, 0.1) is 5.69 Å². The molecule has 0 fully saturated rings. The van der Waals surface area contributed by atoms with E-state index in [1.807, 2.05) is 54.6 Å². The predicted molar refractivity (Wildman–Crippen MR) is 78.4 cm³/mol. The molecular weight excluding hydrogens is 252 g/mol. The van der Waals surface area contributed by atoms with Gasteiger partial charge in [-0.15, -0.1) is 0 Å². The van der Waals surface area contributed by atoms with Crippen LogP contribution in [0, 0.1) is 0 Å². The Morgan fingerprint density at radius 1 is 1.10 bits per heavy atom. The summed E-state index contributed by atoms with van der Waals surface area (Å²) in [7, 11) is 1.77. The summed E-state index contributed by atoms with van der Waals surface area (Å²) in [5.41, 5.74) is 1.62. The van der Waals surface area contributed by atoms with E-state index in [-0.39, 0.29) is 11.9 Å². The highest BCUT2D eigenvalue weighted by Gasteiger charge is 2.31. The number of para-hydroxylation sites is 3. The van der Waals surface area contributed by atoms with Crippen molar-refractivity contribution in [3.63, 3.8) is 0 Å². The summed E-state index contributed by atoms with van der Waals surface area (Å²) >= 11 is 0. The number of rotatable bonds is 2. The lowest BCUT2D eigenvalue weighted by molar-refractivity contribution is -0.120. The van der Waals surface area contributed by atoms with Crippen LogP contribution in [0.1, 0.15) is 0 Å². The summed E-state index contributed by atoms with van der Waals surface area (Å²) in [5, 5.41) is 3.01. The smallest absolute Gasteiger partial charge is 0.252 e. The number of likely N-dealkylation sites (N-methyl/N-ethyl adjacent to an activating group) is 1. The first-order valence-corrected chi connectivity index (χ1v) is 6.59. The van der Waals surface area contributed by atoms with Gasteiger partial charge in [0.1, 0.15) is 18.4 Å². The normalized spacial score (nSPS) is 18.1. The van der Waals surface area contributed by atoms with Crippen LogP contribution in [0.2, 0.25) is 0 Å². The third-order valence-electron chi connectivity index (χ3n) is 3.39. The number of hydrogen-bond acceptors (Lipinski definition) is 3. The van der Waals surface area contributed by atoms with Crippen molar-refractivity contribution in [2.45, 2.75) is 6.04 Å². The second kappa shape index (κ2) is 5.35. The van der Waals surface area contributed by atoms with Gasteiger partial charge in [-0.1, -0.05) is 30.3 Å². The molecule has 4 heteroatoms. The van der Waals surface area contributed by atoms with Crippen molar-refractivity contribution in [2.24, 2.45) is 0 Å². The summed E-state index contributed by atoms with van der Waals surface area (Å²) in [6.07, 6.45) is 0. The molecule has 0 aromatic heterocycles. The fourth-order valence-corrected chi connectivity index (χ4v) is 2.33. The lowest BCUT2D eigenvalue weighted by Gasteiger charge is -2.24. The van der Waals surface area contributed by atoms with Crippen LogP contribution in [0.3, 0.4) is 0 Å². The highest BCUT2D eigenvalue weighted by Crippen LogP contribution is 2.36. The van der Waals surface area contributed by atoms with E-state index >= 15 is 0 Å². The van der Waals surface area contributed by atoms with E-state index in [2.05, 4.69) is 5.32 Å². The largest absolute Gasteiger partial charge is 0.489 e. The maximum atomic E-state index is 12.7. The van der Waals surface area contributed by atoms with E-state index in [0.29, 0.717) is 6.61 Å². The lowest BCUT2D eigenvalue weighted by atomic mass is 10.2. The number of nitrogens with one attached hydrogen (secondary N) is 1. The van der Waals surface area contributed by atoms with Crippen LogP contribution < -0.4 is 15.0 Å². The van der Waals surface area contributed by atoms with Crippen molar-refractivity contribution in [1.82, 2.24) is 5.32 Å². The van der Waals surface area contributed by atoms with Crippen LogP contribution in [-0.2, 0) is 4.79 Å². The first-order valence-electron chi connectivity index (χ1n) is 6.59. The molecule has 1 atom stereocenters. The third-order valence-corrected chi connectivity index (χ3v) is 3.39. The molecule has 0 saturated carbocycles. The Morgan fingerprint density at radius 2 is 1.80 bits per heavy atom. The van der Waals surface area contributed by atoms with Gasteiger partial charge in [-0.2, -0.15) is 0 Å². The number of fused-ring (bicyclic) bond motifs is 1. The second-order valence-electron chi connectivity index (χ2n) is 4.63. The molecule has 1 N–H and O–H groups in total. The van der Waals surface area contributed by atoms with Crippen molar-refractivity contribution >= 4 is 17.3 Å². The third kappa shape index (κ3) is 2.14. The maximum Gasteiger partial charge on any atom is 0.252 e. The van der Waals surface area contributed by atoms with Gasteiger partial charge in [0.2, 0.25) is 0 Å². The van der Waals surface area contributed by atoms with E-state index in [1.54, 1.807) is 11.9 Å². The molecule has 2 aromatic carbocycles. The monoisotopic (exact) mass is 268 g/mol. The second-order valence-corrected chi connectivity index (χ2v) is 4.63. The average molecular weight is 268 g/mol. The summed E-state index contributed by atoms with van der Waals surface area (Å²) in [6, 6.07) is 16.9. The Hall–Kier alpha value is -2.33. The predicted octanol–water partition coefficient (Wildman–Crippen LogP) is 2.33. The van der Waals surface area contributed by atoms with Crippen molar-refractivity contribution < 1.29 is 9.53 Å². The molecule has 1 aliphatic heterocycles. The van der Waals surface area contributed by atoms with Gasteiger partial charge in [-0.3, -0.25) is 9.69 Å². The minimum atomic E-state index is -0.359. The van der Waals surface area contributed by atoms with E-state index in [4.69, 9.17) is 4.74 Å². The van der Waals surface area contributed by atoms with Crippen molar-refractivity contribution in [3.8, 4) is 5.75 Å². The molecule has 0 radical (unpaired) electrons. The van der Waals surface area contributed by atoms with Gasteiger partial charge in [0.25, 0.3) is 5.91 Å². The molecular formula is C16H16N2O2. The SMILES string of the molecule is CNC1COc2ccccc2N(c2ccccc2)C1=O. The molecule has 1 aliphatic rings. The molecule has 4 nitrogen and oxygen atoms in total. The van der Waals surface area contributed by atoms with Crippen LogP contribution in [0.15, 0.2) is 54.6 Å². The van der Waals surface area contributed by atoms with Gasteiger partial charge in [-0.05, 0) is 31.3 Å². The van der Waals surface area contributed by atoms with Gasteiger partial charge in [0, 0.05) is 5.69 Å². The fourth-order valence-electron chi connectivity index (χ4n) is 2.33. The molecule has 2 aromatic rings. The Labute approximate surface area is 118 Å². The zero-order valence-electron chi connectivity index (χ0n) is 11.2. The number of ether oxygens (including phenoxy) is 1. The quantitative estimate of drug-likeness (QED) is 0.909. The highest BCUT2D eigenvalue weighted by molar-refractivity contribution is 6.05. The topological polar surface area (TPSA) is 41.6 Å². The Morgan fingerprint density at radius 3 is 2.55 bits per heavy atom. The molecule has 102 valence electrons. The zero-order chi connectivity index (χ0) is 13.9. The van der Waals surface area contributed by atoms with E-state index in [9.17, 15) is 4.79 Å². The minimum Gasteiger partial charge on any atom is -0.489 e. The van der Waals surface area contributed by atoms with Gasteiger partial charge < -0.3 is 10.1 Å². The Bertz CT molecular complexity index is 613. The standard InChI is InChI=1S/C16H16N2O2/c1-17-13-11-20-15-10-6-5-9-14(15)18(16(13)19)12-7-3-2-4-8-12/h2-10,13,17H,11H2,1H3. The average Bonchev–Trinajstić information content (AvgIpc) is 2.64. The molecule has 3 rings (SSSR count). The van der Waals surface area contributed by atoms with Gasteiger partial charge >= 0.3 is 0 Å². The fraction of sp³-hybridized carbons (Fsp3) is 0.188. The molecule has 0 spiro atoms. The molecule has 0 bridgehead atoms. The summed E-state index contributed by atoms with van der Waals surface area (Å²) in [5.74, 6) is 0.714. The van der Waals surface area contributed by atoms with E-state index in [1.165, 1.54) is 0 Å². The number of carbonyl (C=O) groups is 1. The van der Waals surface area contributed by atoms with Crippen LogP contribution in [0.25, 0.3) is 0 Å². The summed E-state index contributed by atoms with van der Waals surface area (Å²) in [6.45, 7) is 0.329. The summed E-state index contributed by atoms with van der Waals surface area (Å²) in [4.78, 5) is 14.4. The first-order chi connectivity index (χ1) is 9.81. The number of anilines is 2. The molecule has 1 unspecified atom stereocenters. The maximum absolute atomic E-state index is 12.7. The first kappa shape index (κ1) is 12.7. The zero-order valence-corrected chi connectivity index (χ0v) is 11.2. The van der Waals surface area contributed by atoms with Crippen LogP contribution in [0.4, 0.5) is 11.4 Å². The number of nitrogens with zero attached hydrogens (tertiary/aromatic N) is 1. The number of benzene rings is 2. The minimum absolute atomic E-state index is 0.0105. The molecule has 0 aliphatic carbocycles. The van der Waals surface area contributed by atoms with Crippen molar-refractivity contribution in [2.75, 3.05) is 18.6 Å². The van der Waals surface area contributed by atoms with Crippen LogP contribution in [-0.4, -0.2) is 25.6 Å². The molecule has 20 heavy (non-hydrogen) atoms. The van der Waals surface area contributed by atoms with Crippen LogP contribution in [0.5, 0.6) is 5.75 Å². The summed E-state index contributed by atoms with van der Waals surface area (Å²) < 4.78 is 5.75. The van der Waals surface area contributed by atoms with Crippen LogP contribution >= 0.6 is 0 Å². The molecule has 1 heterocycles. The number of amides is 1. The Kier molecular flexibility index (Phi) is 3.39. The highest BCUT2D eigenvalue weighted by atomic mass is 16.5. The van der Waals surface area contributed by atoms with E-state index < -0.39 is 0 Å². The van der Waals surface area contributed by atoms with Gasteiger partial charge in [-0.25, -0.2) is 0 Å². The lowest BCUT2D eigenvalue weighted by Crippen LogP contribution is -2.45. The molecule has 0 saturated heterocycles. The van der Waals surface area contributed by atoms with Crippen molar-refractivity contribution in [1.29, 1.82) is 0 Å². The van der Waals surface area contributed by atoms with Crippen molar-refractivity contribution in [3.05, 3.63) is 54.6 Å².